The van der Waals surface area contributed by atoms with Crippen molar-refractivity contribution >= 4 is 32.8 Å². The molecule has 4 heteroatoms. The van der Waals surface area contributed by atoms with Crippen molar-refractivity contribution in [1.82, 2.24) is 0 Å². The highest BCUT2D eigenvalue weighted by Crippen LogP contribution is 2.34. The van der Waals surface area contributed by atoms with Gasteiger partial charge in [-0.15, -0.1) is 0 Å². The molecule has 0 amide bonds. The molecule has 0 saturated heterocycles. The fourth-order valence-electron chi connectivity index (χ4n) is 3.16. The van der Waals surface area contributed by atoms with Gasteiger partial charge < -0.3 is 4.74 Å². The highest BCUT2D eigenvalue weighted by Gasteiger charge is 2.36. The Bertz CT molecular complexity index is 859. The van der Waals surface area contributed by atoms with Gasteiger partial charge in [-0.05, 0) is 61.4 Å². The molecule has 3 rings (SSSR count). The van der Waals surface area contributed by atoms with Crippen LogP contribution in [0.1, 0.15) is 26.7 Å². The van der Waals surface area contributed by atoms with E-state index in [-0.39, 0.29) is 16.9 Å². The van der Waals surface area contributed by atoms with E-state index >= 15 is 0 Å². The molecule has 0 bridgehead atoms. The maximum absolute atomic E-state index is 12.7. The molecule has 0 atom stereocenters. The molecule has 0 aliphatic carbocycles. The molecule has 0 fully saturated rings. The molecule has 3 aromatic rings. The Morgan fingerprint density at radius 1 is 0.793 bits per heavy atom. The van der Waals surface area contributed by atoms with Gasteiger partial charge >= 0.3 is 5.97 Å². The van der Waals surface area contributed by atoms with E-state index in [0.29, 0.717) is 11.1 Å². The number of benzene rings is 3. The number of carbonyl (C=O) groups excluding carboxylic acids is 1. The number of ether oxygens (including phenoxy) is 1. The molecule has 0 N–H and O–H groups in total. The summed E-state index contributed by atoms with van der Waals surface area (Å²) in [6.07, 6.45) is 1.49. The van der Waals surface area contributed by atoms with E-state index in [1.54, 1.807) is 0 Å². The second-order valence-electron chi connectivity index (χ2n) is 6.91. The van der Waals surface area contributed by atoms with Crippen molar-refractivity contribution in [2.24, 2.45) is 5.41 Å². The summed E-state index contributed by atoms with van der Waals surface area (Å²) in [5, 5.41) is 0.607. The number of alkyl halides is 1. The molecule has 0 aliphatic heterocycles. The Labute approximate surface area is 184 Å². The third-order valence-electron chi connectivity index (χ3n) is 5.27. The van der Waals surface area contributed by atoms with Gasteiger partial charge in [0.2, 0.25) is 0 Å². The summed E-state index contributed by atoms with van der Waals surface area (Å²) < 4.78 is 5.73. The van der Waals surface area contributed by atoms with Gasteiger partial charge in [-0.1, -0.05) is 66.2 Å². The summed E-state index contributed by atoms with van der Waals surface area (Å²) in [7, 11) is -0.205. The van der Waals surface area contributed by atoms with Crippen LogP contribution >= 0.6 is 15.9 Å². The molecule has 0 saturated carbocycles. The third-order valence-corrected chi connectivity index (χ3v) is 8.57. The van der Waals surface area contributed by atoms with E-state index in [0.717, 1.165) is 12.8 Å². The number of hydrogen-bond donors (Lipinski definition) is 0. The zero-order valence-corrected chi connectivity index (χ0v) is 19.2. The minimum absolute atomic E-state index is 0.169. The van der Waals surface area contributed by atoms with Crippen LogP contribution in [0.15, 0.2) is 99.6 Å². The lowest BCUT2D eigenvalue weighted by atomic mass is 9.85. The molecule has 0 spiro atoms. The summed E-state index contributed by atoms with van der Waals surface area (Å²) in [4.78, 5) is 16.5. The van der Waals surface area contributed by atoms with E-state index in [9.17, 15) is 4.79 Å². The summed E-state index contributed by atoms with van der Waals surface area (Å²) in [6.45, 7) is 4.06. The lowest BCUT2D eigenvalue weighted by Crippen LogP contribution is -2.35. The van der Waals surface area contributed by atoms with Crippen LogP contribution < -0.4 is 4.74 Å². The van der Waals surface area contributed by atoms with Crippen LogP contribution in [0.2, 0.25) is 0 Å². The van der Waals surface area contributed by atoms with E-state index in [1.807, 2.05) is 38.1 Å². The lowest BCUT2D eigenvalue weighted by Gasteiger charge is -2.26. The lowest BCUT2D eigenvalue weighted by molar-refractivity contribution is -0.144. The van der Waals surface area contributed by atoms with Gasteiger partial charge in [0.05, 0.1) is 16.3 Å². The molecule has 0 aliphatic rings. The Kier molecular flexibility index (Phi) is 7.57. The van der Waals surface area contributed by atoms with Crippen LogP contribution in [0.5, 0.6) is 5.75 Å². The van der Waals surface area contributed by atoms with Crippen molar-refractivity contribution in [2.75, 3.05) is 5.33 Å². The smallest absolute Gasteiger partial charge is 0.318 e. The van der Waals surface area contributed by atoms with Crippen LogP contribution in [0.25, 0.3) is 0 Å². The monoisotopic (exact) mass is 469 g/mol. The van der Waals surface area contributed by atoms with Crippen molar-refractivity contribution in [3.63, 3.8) is 0 Å². The standard InChI is InChI=1S/C25H26BrO2S/c1-3-25(4-2,19-26)24(27)28-20-15-17-23(18-16-20)29(21-11-7-5-8-12-21)22-13-9-6-10-14-22/h5-18H,3-4,19H2,1-2H3/q+1. The minimum Gasteiger partial charge on any atom is -0.426 e. The van der Waals surface area contributed by atoms with Gasteiger partial charge in [0.1, 0.15) is 5.75 Å². The quantitative estimate of drug-likeness (QED) is 0.155. The van der Waals surface area contributed by atoms with Gasteiger partial charge in [0, 0.05) is 5.33 Å². The molecular formula is C25H26BrO2S+. The molecule has 3 aromatic carbocycles. The Morgan fingerprint density at radius 2 is 1.24 bits per heavy atom. The van der Waals surface area contributed by atoms with Crippen molar-refractivity contribution < 1.29 is 9.53 Å². The van der Waals surface area contributed by atoms with Crippen molar-refractivity contribution in [1.29, 1.82) is 0 Å². The number of rotatable bonds is 8. The minimum atomic E-state index is -0.475. The summed E-state index contributed by atoms with van der Waals surface area (Å²) >= 11 is 3.49. The normalized spacial score (nSPS) is 11.4. The molecule has 0 radical (unpaired) electrons. The van der Waals surface area contributed by atoms with Gasteiger partial charge in [0.15, 0.2) is 14.7 Å². The Balaban J connectivity index is 1.88. The Hall–Kier alpha value is -2.04. The Morgan fingerprint density at radius 3 is 1.66 bits per heavy atom. The first-order valence-corrected chi connectivity index (χ1v) is 12.2. The summed E-state index contributed by atoms with van der Waals surface area (Å²) in [5.41, 5.74) is -0.475. The number of esters is 1. The largest absolute Gasteiger partial charge is 0.426 e. The van der Waals surface area contributed by atoms with Crippen molar-refractivity contribution in [3.8, 4) is 5.75 Å². The molecule has 2 nitrogen and oxygen atoms in total. The van der Waals surface area contributed by atoms with Crippen LogP contribution in [-0.4, -0.2) is 11.3 Å². The number of carbonyl (C=O) groups is 1. The highest BCUT2D eigenvalue weighted by atomic mass is 79.9. The van der Waals surface area contributed by atoms with Crippen LogP contribution in [0.4, 0.5) is 0 Å². The SMILES string of the molecule is CCC(CC)(CBr)C(=O)Oc1ccc([S+](c2ccccc2)c2ccccc2)cc1. The van der Waals surface area contributed by atoms with Crippen LogP contribution in [0.3, 0.4) is 0 Å². The highest BCUT2D eigenvalue weighted by molar-refractivity contribution is 9.09. The van der Waals surface area contributed by atoms with E-state index in [1.165, 1.54) is 14.7 Å². The van der Waals surface area contributed by atoms with Crippen LogP contribution in [-0.2, 0) is 15.7 Å². The van der Waals surface area contributed by atoms with E-state index in [2.05, 4.69) is 76.6 Å². The second-order valence-corrected chi connectivity index (χ2v) is 9.50. The molecule has 150 valence electrons. The van der Waals surface area contributed by atoms with Crippen LogP contribution in [0, 0.1) is 5.41 Å². The zero-order chi connectivity index (χ0) is 20.7. The van der Waals surface area contributed by atoms with Crippen molar-refractivity contribution in [3.05, 3.63) is 84.9 Å². The second kappa shape index (κ2) is 10.1. The predicted octanol–water partition coefficient (Wildman–Crippen LogP) is 6.89. The zero-order valence-electron chi connectivity index (χ0n) is 16.8. The predicted molar refractivity (Wildman–Crippen MR) is 124 cm³/mol. The molecule has 0 aromatic heterocycles. The van der Waals surface area contributed by atoms with E-state index < -0.39 is 5.41 Å². The first kappa shape index (κ1) is 21.7. The van der Waals surface area contributed by atoms with Gasteiger partial charge in [-0.2, -0.15) is 0 Å². The topological polar surface area (TPSA) is 26.3 Å². The molecule has 29 heavy (non-hydrogen) atoms. The number of halogens is 1. The molecular weight excluding hydrogens is 444 g/mol. The first-order chi connectivity index (χ1) is 14.1. The summed E-state index contributed by atoms with van der Waals surface area (Å²) in [5.74, 6) is 0.424. The first-order valence-electron chi connectivity index (χ1n) is 9.86. The average molecular weight is 470 g/mol. The fourth-order valence-corrected chi connectivity index (χ4v) is 6.27. The molecule has 0 heterocycles. The van der Waals surface area contributed by atoms with Gasteiger partial charge in [-0.3, -0.25) is 4.79 Å². The number of hydrogen-bond acceptors (Lipinski definition) is 2. The summed E-state index contributed by atoms with van der Waals surface area (Å²) in [6, 6.07) is 29.0. The van der Waals surface area contributed by atoms with Crippen molar-refractivity contribution in [2.45, 2.75) is 41.4 Å². The maximum Gasteiger partial charge on any atom is 0.318 e. The van der Waals surface area contributed by atoms with Gasteiger partial charge in [-0.25, -0.2) is 0 Å². The van der Waals surface area contributed by atoms with Gasteiger partial charge in [0.25, 0.3) is 0 Å². The average Bonchev–Trinajstić information content (AvgIpc) is 2.78. The fraction of sp³-hybridized carbons (Fsp3) is 0.240. The molecule has 0 unspecified atom stereocenters. The maximum atomic E-state index is 12.7. The third kappa shape index (κ3) is 4.93. The van der Waals surface area contributed by atoms with E-state index in [4.69, 9.17) is 4.74 Å².